The van der Waals surface area contributed by atoms with Crippen LogP contribution in [0.15, 0.2) is 36.4 Å². The molecule has 2 nitrogen and oxygen atoms in total. The lowest BCUT2D eigenvalue weighted by molar-refractivity contribution is 0.0936. The Morgan fingerprint density at radius 2 is 1.85 bits per heavy atom. The summed E-state index contributed by atoms with van der Waals surface area (Å²) in [5.74, 6) is 0.656. The van der Waals surface area contributed by atoms with Crippen LogP contribution in [0, 0.1) is 19.8 Å². The molecule has 20 heavy (non-hydrogen) atoms. The van der Waals surface area contributed by atoms with E-state index < -0.39 is 0 Å². The lowest BCUT2D eigenvalue weighted by Crippen LogP contribution is -2.29. The summed E-state index contributed by atoms with van der Waals surface area (Å²) >= 11 is 1.56. The van der Waals surface area contributed by atoms with Gasteiger partial charge in [0, 0.05) is 4.88 Å². The van der Waals surface area contributed by atoms with Crippen molar-refractivity contribution in [3.63, 3.8) is 0 Å². The highest BCUT2D eigenvalue weighted by atomic mass is 32.1. The molecule has 2 aromatic rings. The average molecular weight is 285 g/mol. The fraction of sp³-hybridized carbons (Fsp3) is 0.353. The molecule has 0 aliphatic heterocycles. The summed E-state index contributed by atoms with van der Waals surface area (Å²) in [5, 5.41) is 3.22. The van der Waals surface area contributed by atoms with Crippen molar-refractivity contribution < 1.29 is 4.79 Å². The van der Waals surface area contributed by atoms with Gasteiger partial charge in [-0.05, 0) is 50.3 Å². The van der Waals surface area contributed by atoms with Gasteiger partial charge in [-0.25, -0.2) is 0 Å². The number of aryl methyl sites for hydroxylation is 2. The SMILES string of the molecule is Cc1ccc(C(NC(=O)c2ccc(C)s2)C2CC2)cc1. The molecular formula is C17H19NOS. The van der Waals surface area contributed by atoms with Crippen molar-refractivity contribution >= 4 is 17.2 Å². The molecule has 1 unspecified atom stereocenters. The van der Waals surface area contributed by atoms with E-state index >= 15 is 0 Å². The van der Waals surface area contributed by atoms with Crippen LogP contribution in [0.4, 0.5) is 0 Å². The topological polar surface area (TPSA) is 29.1 Å². The Balaban J connectivity index is 1.78. The summed E-state index contributed by atoms with van der Waals surface area (Å²) in [7, 11) is 0. The molecule has 1 aliphatic rings. The number of nitrogens with one attached hydrogen (secondary N) is 1. The summed E-state index contributed by atoms with van der Waals surface area (Å²) in [6.07, 6.45) is 2.42. The first-order valence-corrected chi connectivity index (χ1v) is 7.89. The third kappa shape index (κ3) is 2.93. The summed E-state index contributed by atoms with van der Waals surface area (Å²) < 4.78 is 0. The minimum atomic E-state index is 0.0561. The van der Waals surface area contributed by atoms with Gasteiger partial charge < -0.3 is 5.32 Å². The van der Waals surface area contributed by atoms with Crippen molar-refractivity contribution in [2.45, 2.75) is 32.7 Å². The van der Waals surface area contributed by atoms with Gasteiger partial charge in [0.25, 0.3) is 5.91 Å². The van der Waals surface area contributed by atoms with Crippen LogP contribution >= 0.6 is 11.3 Å². The minimum absolute atomic E-state index is 0.0561. The van der Waals surface area contributed by atoms with Crippen molar-refractivity contribution in [3.05, 3.63) is 57.3 Å². The molecule has 0 spiro atoms. The molecule has 1 aliphatic carbocycles. The molecule has 1 heterocycles. The number of hydrogen-bond donors (Lipinski definition) is 1. The van der Waals surface area contributed by atoms with Gasteiger partial charge in [-0.3, -0.25) is 4.79 Å². The molecule has 1 N–H and O–H groups in total. The van der Waals surface area contributed by atoms with Crippen LogP contribution < -0.4 is 5.32 Å². The largest absolute Gasteiger partial charge is 0.344 e. The first kappa shape index (κ1) is 13.4. The fourth-order valence-electron chi connectivity index (χ4n) is 2.45. The molecular weight excluding hydrogens is 266 g/mol. The highest BCUT2D eigenvalue weighted by Gasteiger charge is 2.33. The Kier molecular flexibility index (Phi) is 3.62. The van der Waals surface area contributed by atoms with E-state index in [0.717, 1.165) is 4.88 Å². The molecule has 1 fully saturated rings. The number of benzene rings is 1. The molecule has 0 radical (unpaired) electrons. The fourth-order valence-corrected chi connectivity index (χ4v) is 3.22. The Hall–Kier alpha value is -1.61. The predicted molar refractivity (Wildman–Crippen MR) is 83.2 cm³/mol. The minimum Gasteiger partial charge on any atom is -0.344 e. The molecule has 3 rings (SSSR count). The summed E-state index contributed by atoms with van der Waals surface area (Å²) in [6, 6.07) is 12.6. The molecule has 1 saturated carbocycles. The molecule has 104 valence electrons. The molecule has 0 bridgehead atoms. The summed E-state index contributed by atoms with van der Waals surface area (Å²) in [5.41, 5.74) is 2.48. The second kappa shape index (κ2) is 5.41. The van der Waals surface area contributed by atoms with E-state index in [1.54, 1.807) is 11.3 Å². The highest BCUT2D eigenvalue weighted by Crippen LogP contribution is 2.41. The van der Waals surface area contributed by atoms with Gasteiger partial charge >= 0.3 is 0 Å². The van der Waals surface area contributed by atoms with Crippen molar-refractivity contribution in [3.8, 4) is 0 Å². The zero-order valence-electron chi connectivity index (χ0n) is 11.8. The number of thiophene rings is 1. The normalized spacial score (nSPS) is 15.9. The lowest BCUT2D eigenvalue weighted by Gasteiger charge is -2.18. The third-order valence-electron chi connectivity index (χ3n) is 3.78. The lowest BCUT2D eigenvalue weighted by atomic mass is 10.0. The molecule has 3 heteroatoms. The maximum absolute atomic E-state index is 12.3. The Labute approximate surface area is 123 Å². The standard InChI is InChI=1S/C17H19NOS/c1-11-3-6-13(7-4-11)16(14-8-9-14)18-17(19)15-10-5-12(2)20-15/h3-7,10,14,16H,8-9H2,1-2H3,(H,18,19). The van der Waals surface area contributed by atoms with E-state index in [4.69, 9.17) is 0 Å². The molecule has 1 atom stereocenters. The van der Waals surface area contributed by atoms with Gasteiger partial charge in [0.2, 0.25) is 0 Å². The van der Waals surface area contributed by atoms with Crippen LogP contribution in [0.1, 0.15) is 44.6 Å². The number of carbonyl (C=O) groups excluding carboxylic acids is 1. The number of amides is 1. The molecule has 1 aromatic carbocycles. The van der Waals surface area contributed by atoms with Gasteiger partial charge in [0.05, 0.1) is 10.9 Å². The van der Waals surface area contributed by atoms with Crippen LogP contribution in [-0.4, -0.2) is 5.91 Å². The van der Waals surface area contributed by atoms with Gasteiger partial charge in [0.15, 0.2) is 0 Å². The summed E-state index contributed by atoms with van der Waals surface area (Å²) in [6.45, 7) is 4.11. The van der Waals surface area contributed by atoms with Crippen LogP contribution in [0.2, 0.25) is 0 Å². The number of hydrogen-bond acceptors (Lipinski definition) is 2. The second-order valence-corrected chi connectivity index (χ2v) is 6.90. The van der Waals surface area contributed by atoms with E-state index in [9.17, 15) is 4.79 Å². The van der Waals surface area contributed by atoms with Crippen molar-refractivity contribution in [2.75, 3.05) is 0 Å². The Morgan fingerprint density at radius 1 is 1.15 bits per heavy atom. The quantitative estimate of drug-likeness (QED) is 0.894. The molecule has 1 amide bonds. The zero-order valence-corrected chi connectivity index (χ0v) is 12.7. The van der Waals surface area contributed by atoms with E-state index in [0.29, 0.717) is 5.92 Å². The van der Waals surface area contributed by atoms with Crippen molar-refractivity contribution in [1.82, 2.24) is 5.32 Å². The maximum atomic E-state index is 12.3. The van der Waals surface area contributed by atoms with Crippen LogP contribution in [0.25, 0.3) is 0 Å². The third-order valence-corrected chi connectivity index (χ3v) is 4.78. The second-order valence-electron chi connectivity index (χ2n) is 5.61. The van der Waals surface area contributed by atoms with Crippen LogP contribution in [0.5, 0.6) is 0 Å². The van der Waals surface area contributed by atoms with Crippen LogP contribution in [-0.2, 0) is 0 Å². The highest BCUT2D eigenvalue weighted by molar-refractivity contribution is 7.13. The molecule has 1 aromatic heterocycles. The van der Waals surface area contributed by atoms with Crippen molar-refractivity contribution in [2.24, 2.45) is 5.92 Å². The average Bonchev–Trinajstić information content (AvgIpc) is 3.18. The van der Waals surface area contributed by atoms with E-state index in [-0.39, 0.29) is 11.9 Å². The summed E-state index contributed by atoms with van der Waals surface area (Å²) in [4.78, 5) is 14.3. The first-order chi connectivity index (χ1) is 9.63. The van der Waals surface area contributed by atoms with Gasteiger partial charge in [-0.15, -0.1) is 11.3 Å². The van der Waals surface area contributed by atoms with E-state index in [1.165, 1.54) is 28.8 Å². The number of rotatable bonds is 4. The van der Waals surface area contributed by atoms with Crippen LogP contribution in [0.3, 0.4) is 0 Å². The van der Waals surface area contributed by atoms with Crippen molar-refractivity contribution in [1.29, 1.82) is 0 Å². The maximum Gasteiger partial charge on any atom is 0.261 e. The monoisotopic (exact) mass is 285 g/mol. The number of carbonyl (C=O) groups is 1. The zero-order chi connectivity index (χ0) is 14.1. The van der Waals surface area contributed by atoms with E-state index in [2.05, 4.69) is 36.5 Å². The predicted octanol–water partition coefficient (Wildman–Crippen LogP) is 4.25. The van der Waals surface area contributed by atoms with Gasteiger partial charge in [0.1, 0.15) is 0 Å². The van der Waals surface area contributed by atoms with Gasteiger partial charge in [-0.2, -0.15) is 0 Å². The van der Waals surface area contributed by atoms with E-state index in [1.807, 2.05) is 19.1 Å². The first-order valence-electron chi connectivity index (χ1n) is 7.07. The smallest absolute Gasteiger partial charge is 0.261 e. The Bertz CT molecular complexity index is 610. The molecule has 0 saturated heterocycles. The Morgan fingerprint density at radius 3 is 2.40 bits per heavy atom. The van der Waals surface area contributed by atoms with Gasteiger partial charge in [-0.1, -0.05) is 29.8 Å².